The van der Waals surface area contributed by atoms with E-state index in [0.29, 0.717) is 25.5 Å². The molecular weight excluding hydrogens is 488 g/mol. The van der Waals surface area contributed by atoms with Crippen LogP contribution < -0.4 is 16.0 Å². The lowest BCUT2D eigenvalue weighted by Gasteiger charge is -2.27. The molecule has 1 aliphatic rings. The Morgan fingerprint density at radius 3 is 2.46 bits per heavy atom. The number of ketones is 1. The number of epoxide rings is 1. The number of unbranched alkanes of at least 4 members (excludes halogenated alkanes) is 4. The van der Waals surface area contributed by atoms with Gasteiger partial charge in [0.15, 0.2) is 5.78 Å². The maximum absolute atomic E-state index is 13.5. The van der Waals surface area contributed by atoms with Crippen molar-refractivity contribution in [3.8, 4) is 0 Å². The number of H-pyrrole nitrogens is 1. The highest BCUT2D eigenvalue weighted by Gasteiger charge is 2.50. The molecule has 0 saturated carbocycles. The second kappa shape index (κ2) is 15.5. The molecule has 0 spiro atoms. The minimum Gasteiger partial charge on any atom is -0.361 e. The number of rotatable bonds is 20. The van der Waals surface area contributed by atoms with E-state index in [0.717, 1.165) is 44.2 Å². The van der Waals surface area contributed by atoms with Crippen molar-refractivity contribution in [3.05, 3.63) is 36.0 Å². The minimum atomic E-state index is -0.745. The zero-order valence-electron chi connectivity index (χ0n) is 24.9. The van der Waals surface area contributed by atoms with Crippen molar-refractivity contribution in [2.75, 3.05) is 19.7 Å². The Labute approximate surface area is 235 Å². The van der Waals surface area contributed by atoms with Crippen molar-refractivity contribution in [3.63, 3.8) is 0 Å². The van der Waals surface area contributed by atoms with Gasteiger partial charge in [-0.1, -0.05) is 78.0 Å². The maximum Gasteiger partial charge on any atom is 0.237 e. The molecular formula is C32H52N4O3. The van der Waals surface area contributed by atoms with Crippen molar-refractivity contribution >= 4 is 22.6 Å². The number of carbonyl (C=O) groups excluding carboxylic acids is 2. The Balaban J connectivity index is 1.67. The van der Waals surface area contributed by atoms with E-state index in [1.165, 1.54) is 30.2 Å². The van der Waals surface area contributed by atoms with Crippen molar-refractivity contribution in [1.82, 2.24) is 20.9 Å². The normalized spacial score (nSPS) is 19.2. The first kappa shape index (κ1) is 31.3. The highest BCUT2D eigenvalue weighted by atomic mass is 16.6. The van der Waals surface area contributed by atoms with Gasteiger partial charge in [-0.15, -0.1) is 0 Å². The molecule has 1 amide bonds. The molecule has 1 aliphatic heterocycles. The third kappa shape index (κ3) is 9.73. The number of carbonyl (C=O) groups is 2. The highest BCUT2D eigenvalue weighted by molar-refractivity contribution is 5.97. The van der Waals surface area contributed by atoms with Crippen molar-refractivity contribution in [1.29, 1.82) is 0 Å². The van der Waals surface area contributed by atoms with Crippen LogP contribution in [-0.4, -0.2) is 60.1 Å². The van der Waals surface area contributed by atoms with Gasteiger partial charge in [0.05, 0.1) is 18.7 Å². The molecule has 0 radical (unpaired) electrons. The number of aromatic nitrogens is 1. The Bertz CT molecular complexity index is 1030. The largest absolute Gasteiger partial charge is 0.361 e. The topological polar surface area (TPSA) is 98.5 Å². The molecule has 0 bridgehead atoms. The second-order valence-corrected chi connectivity index (χ2v) is 12.0. The zero-order valence-corrected chi connectivity index (χ0v) is 24.9. The first-order valence-corrected chi connectivity index (χ1v) is 15.3. The van der Waals surface area contributed by atoms with E-state index in [-0.39, 0.29) is 23.8 Å². The first-order chi connectivity index (χ1) is 18.8. The molecule has 1 fully saturated rings. The van der Waals surface area contributed by atoms with Gasteiger partial charge in [0.25, 0.3) is 0 Å². The Morgan fingerprint density at radius 1 is 1.03 bits per heavy atom. The summed E-state index contributed by atoms with van der Waals surface area (Å²) in [7, 11) is 0. The summed E-state index contributed by atoms with van der Waals surface area (Å²) < 4.78 is 5.42. The molecule has 4 N–H and O–H groups in total. The van der Waals surface area contributed by atoms with Gasteiger partial charge in [0.2, 0.25) is 5.91 Å². The van der Waals surface area contributed by atoms with Crippen LogP contribution in [0.25, 0.3) is 10.9 Å². The van der Waals surface area contributed by atoms with Crippen LogP contribution in [0.15, 0.2) is 30.5 Å². The second-order valence-electron chi connectivity index (χ2n) is 12.0. The number of benzene rings is 1. The number of aromatic amines is 1. The Morgan fingerprint density at radius 2 is 1.77 bits per heavy atom. The predicted octanol–water partition coefficient (Wildman–Crippen LogP) is 5.29. The number of para-hydroxylation sites is 1. The molecule has 7 heteroatoms. The molecule has 218 valence electrons. The van der Waals surface area contributed by atoms with Gasteiger partial charge in [0.1, 0.15) is 5.60 Å². The number of nitrogens with one attached hydrogen (secondary N) is 4. The molecule has 3 rings (SSSR count). The van der Waals surface area contributed by atoms with Gasteiger partial charge in [-0.25, -0.2) is 0 Å². The molecule has 1 saturated heterocycles. The van der Waals surface area contributed by atoms with Crippen LogP contribution in [0.3, 0.4) is 0 Å². The van der Waals surface area contributed by atoms with Crippen LogP contribution in [0.4, 0.5) is 0 Å². The van der Waals surface area contributed by atoms with Crippen LogP contribution in [0.1, 0.15) is 91.5 Å². The molecule has 1 aromatic carbocycles. The van der Waals surface area contributed by atoms with Crippen LogP contribution in [0, 0.1) is 5.92 Å². The van der Waals surface area contributed by atoms with Crippen molar-refractivity contribution in [2.24, 2.45) is 5.92 Å². The van der Waals surface area contributed by atoms with E-state index in [1.54, 1.807) is 0 Å². The molecule has 4 atom stereocenters. The van der Waals surface area contributed by atoms with Crippen LogP contribution in [-0.2, 0) is 20.7 Å². The summed E-state index contributed by atoms with van der Waals surface area (Å²) in [5.74, 6) is 0.200. The first-order valence-electron chi connectivity index (χ1n) is 15.3. The van der Waals surface area contributed by atoms with E-state index in [2.05, 4.69) is 79.1 Å². The fraction of sp³-hybridized carbons (Fsp3) is 0.688. The molecule has 7 nitrogen and oxygen atoms in total. The van der Waals surface area contributed by atoms with E-state index in [1.807, 2.05) is 6.92 Å². The summed E-state index contributed by atoms with van der Waals surface area (Å²) in [5.41, 5.74) is 1.69. The molecule has 1 aromatic heterocycles. The summed E-state index contributed by atoms with van der Waals surface area (Å²) in [4.78, 5) is 30.0. The predicted molar refractivity (Wildman–Crippen MR) is 160 cm³/mol. The number of hydrogen-bond donors (Lipinski definition) is 4. The number of Topliss-reactive ketones (excluding diaryl/α,β-unsaturated/α-hetero) is 1. The average molecular weight is 541 g/mol. The van der Waals surface area contributed by atoms with Gasteiger partial charge in [-0.2, -0.15) is 0 Å². The van der Waals surface area contributed by atoms with Gasteiger partial charge in [-0.05, 0) is 56.7 Å². The SMILES string of the molecule is CCCCCCN[C@@H](CN[C@@H](CCCC)C(=O)N[C@@H](CC(C)C)C(=O)[C@@]1(C)CO1)Cc1c[nH]c2ccccc12. The van der Waals surface area contributed by atoms with Crippen LogP contribution in [0.5, 0.6) is 0 Å². The van der Waals surface area contributed by atoms with Gasteiger partial charge < -0.3 is 25.7 Å². The summed E-state index contributed by atoms with van der Waals surface area (Å²) in [6, 6.07) is 7.74. The summed E-state index contributed by atoms with van der Waals surface area (Å²) in [5, 5.41) is 11.7. The number of amides is 1. The third-order valence-electron chi connectivity index (χ3n) is 7.82. The summed E-state index contributed by atoms with van der Waals surface area (Å²) in [6.07, 6.45) is 11.2. The van der Waals surface area contributed by atoms with Crippen LogP contribution in [0.2, 0.25) is 0 Å². The molecule has 0 aliphatic carbocycles. The third-order valence-corrected chi connectivity index (χ3v) is 7.82. The Kier molecular flexibility index (Phi) is 12.5. The van der Waals surface area contributed by atoms with Gasteiger partial charge >= 0.3 is 0 Å². The molecule has 2 aromatic rings. The summed E-state index contributed by atoms with van der Waals surface area (Å²) >= 11 is 0. The van der Waals surface area contributed by atoms with Crippen molar-refractivity contribution < 1.29 is 14.3 Å². The minimum absolute atomic E-state index is 0.00949. The van der Waals surface area contributed by atoms with E-state index < -0.39 is 11.6 Å². The van der Waals surface area contributed by atoms with Gasteiger partial charge in [0, 0.05) is 29.7 Å². The zero-order chi connectivity index (χ0) is 28.3. The lowest BCUT2D eigenvalue weighted by molar-refractivity contribution is -0.131. The highest BCUT2D eigenvalue weighted by Crippen LogP contribution is 2.29. The lowest BCUT2D eigenvalue weighted by Crippen LogP contribution is -2.54. The van der Waals surface area contributed by atoms with E-state index in [4.69, 9.17) is 4.74 Å². The maximum atomic E-state index is 13.5. The lowest BCUT2D eigenvalue weighted by atomic mass is 9.93. The summed E-state index contributed by atoms with van der Waals surface area (Å²) in [6.45, 7) is 12.4. The number of hydrogen-bond acceptors (Lipinski definition) is 5. The quantitative estimate of drug-likeness (QED) is 0.135. The van der Waals surface area contributed by atoms with Crippen molar-refractivity contribution in [2.45, 2.75) is 116 Å². The van der Waals surface area contributed by atoms with E-state index in [9.17, 15) is 9.59 Å². The fourth-order valence-electron chi connectivity index (χ4n) is 5.25. The molecule has 39 heavy (non-hydrogen) atoms. The molecule has 0 unspecified atom stereocenters. The number of ether oxygens (including phenoxy) is 1. The standard InChI is InChI=1S/C32H52N4O3/c1-6-8-10-13-17-33-25(19-24-20-34-27-16-12-11-14-26(24)27)21-35-28(15-9-7-2)31(38)36-29(18-23(3)4)30(37)32(5)22-39-32/h11-12,14,16,20,23,25,28-29,33-35H,6-10,13,15,17-19,21-22H2,1-5H3,(H,36,38)/t25-,28+,29+,32-/m1/s1. The fourth-order valence-corrected chi connectivity index (χ4v) is 5.25. The smallest absolute Gasteiger partial charge is 0.237 e. The van der Waals surface area contributed by atoms with E-state index >= 15 is 0 Å². The molecule has 2 heterocycles. The number of fused-ring (bicyclic) bond motifs is 1. The Hall–Kier alpha value is -2.22. The average Bonchev–Trinajstić information content (AvgIpc) is 3.54. The monoisotopic (exact) mass is 540 g/mol. The van der Waals surface area contributed by atoms with Gasteiger partial charge in [-0.3, -0.25) is 9.59 Å². The van der Waals surface area contributed by atoms with Crippen LogP contribution >= 0.6 is 0 Å².